The Morgan fingerprint density at radius 1 is 1.29 bits per heavy atom. The number of rotatable bonds is 8. The summed E-state index contributed by atoms with van der Waals surface area (Å²) in [5, 5.41) is 12.9. The largest absolute Gasteiger partial charge is 0.464 e. The predicted octanol–water partition coefficient (Wildman–Crippen LogP) is 2.78. The molecule has 0 aromatic carbocycles. The van der Waals surface area contributed by atoms with Gasteiger partial charge >= 0.3 is 0 Å². The third-order valence-corrected chi connectivity index (χ3v) is 3.87. The smallest absolute Gasteiger partial charge is 0.118 e. The summed E-state index contributed by atoms with van der Waals surface area (Å²) in [7, 11) is 0. The third-order valence-electron chi connectivity index (χ3n) is 3.30. The van der Waals surface area contributed by atoms with E-state index in [1.807, 2.05) is 12.1 Å². The van der Waals surface area contributed by atoms with Crippen LogP contribution in [0.2, 0.25) is 0 Å². The molecular formula is C13H23NO2S. The molecule has 0 radical (unpaired) electrons. The van der Waals surface area contributed by atoms with Gasteiger partial charge in [0.25, 0.3) is 0 Å². The standard InChI is InChI=1S/C13H23NO2S/c1-4-13(5-2,10-15)14-8-11-6-7-12(16-11)9-17-3/h6-7,14-15H,4-5,8-10H2,1-3H3. The number of aliphatic hydroxyl groups is 1. The van der Waals surface area contributed by atoms with Crippen molar-refractivity contribution in [2.75, 3.05) is 12.9 Å². The van der Waals surface area contributed by atoms with Crippen molar-refractivity contribution in [3.8, 4) is 0 Å². The van der Waals surface area contributed by atoms with Crippen LogP contribution in [0.25, 0.3) is 0 Å². The SMILES string of the molecule is CCC(CC)(CO)NCc1ccc(CSC)o1. The van der Waals surface area contributed by atoms with Gasteiger partial charge in [0, 0.05) is 5.54 Å². The van der Waals surface area contributed by atoms with E-state index in [-0.39, 0.29) is 12.1 Å². The van der Waals surface area contributed by atoms with Gasteiger partial charge in [0.2, 0.25) is 0 Å². The zero-order valence-electron chi connectivity index (χ0n) is 11.0. The maximum absolute atomic E-state index is 9.45. The molecule has 98 valence electrons. The highest BCUT2D eigenvalue weighted by Crippen LogP contribution is 2.17. The van der Waals surface area contributed by atoms with Crippen LogP contribution in [0.15, 0.2) is 16.5 Å². The van der Waals surface area contributed by atoms with Crippen LogP contribution in [-0.4, -0.2) is 23.5 Å². The van der Waals surface area contributed by atoms with Gasteiger partial charge in [-0.1, -0.05) is 13.8 Å². The highest BCUT2D eigenvalue weighted by molar-refractivity contribution is 7.97. The van der Waals surface area contributed by atoms with E-state index in [1.165, 1.54) is 0 Å². The van der Waals surface area contributed by atoms with E-state index in [0.29, 0.717) is 6.54 Å². The Balaban J connectivity index is 2.53. The lowest BCUT2D eigenvalue weighted by Gasteiger charge is -2.30. The fourth-order valence-electron chi connectivity index (χ4n) is 1.79. The van der Waals surface area contributed by atoms with Gasteiger partial charge in [-0.2, -0.15) is 11.8 Å². The molecule has 4 heteroatoms. The monoisotopic (exact) mass is 257 g/mol. The van der Waals surface area contributed by atoms with Crippen molar-refractivity contribution in [3.63, 3.8) is 0 Å². The minimum atomic E-state index is -0.174. The van der Waals surface area contributed by atoms with Gasteiger partial charge in [0.05, 0.1) is 18.9 Å². The first-order chi connectivity index (χ1) is 8.19. The average molecular weight is 257 g/mol. The van der Waals surface area contributed by atoms with E-state index >= 15 is 0 Å². The molecule has 0 bridgehead atoms. The number of nitrogens with one attached hydrogen (secondary N) is 1. The van der Waals surface area contributed by atoms with Crippen LogP contribution < -0.4 is 5.32 Å². The summed E-state index contributed by atoms with van der Waals surface area (Å²) >= 11 is 1.75. The summed E-state index contributed by atoms with van der Waals surface area (Å²) in [4.78, 5) is 0. The Hall–Kier alpha value is -0.450. The third kappa shape index (κ3) is 4.05. The Bertz CT molecular complexity index is 313. The second kappa shape index (κ2) is 7.09. The lowest BCUT2D eigenvalue weighted by atomic mass is 9.94. The fraction of sp³-hybridized carbons (Fsp3) is 0.692. The lowest BCUT2D eigenvalue weighted by Crippen LogP contribution is -2.46. The predicted molar refractivity (Wildman–Crippen MR) is 73.2 cm³/mol. The van der Waals surface area contributed by atoms with Crippen molar-refractivity contribution in [3.05, 3.63) is 23.7 Å². The molecule has 0 amide bonds. The Morgan fingerprint density at radius 3 is 2.47 bits per heavy atom. The average Bonchev–Trinajstić information content (AvgIpc) is 2.80. The van der Waals surface area contributed by atoms with Crippen LogP contribution in [0.5, 0.6) is 0 Å². The van der Waals surface area contributed by atoms with Crippen molar-refractivity contribution in [1.29, 1.82) is 0 Å². The summed E-state index contributed by atoms with van der Waals surface area (Å²) in [5.74, 6) is 2.86. The van der Waals surface area contributed by atoms with Crippen molar-refractivity contribution >= 4 is 11.8 Å². The van der Waals surface area contributed by atoms with E-state index in [2.05, 4.69) is 25.4 Å². The maximum atomic E-state index is 9.45. The first-order valence-electron chi connectivity index (χ1n) is 6.12. The van der Waals surface area contributed by atoms with Crippen molar-refractivity contribution in [1.82, 2.24) is 5.32 Å². The van der Waals surface area contributed by atoms with Crippen LogP contribution in [0.1, 0.15) is 38.2 Å². The molecule has 2 N–H and O–H groups in total. The van der Waals surface area contributed by atoms with E-state index in [9.17, 15) is 5.11 Å². The zero-order chi connectivity index (χ0) is 12.7. The van der Waals surface area contributed by atoms with E-state index in [1.54, 1.807) is 11.8 Å². The quantitative estimate of drug-likeness (QED) is 0.751. The van der Waals surface area contributed by atoms with Gasteiger partial charge < -0.3 is 14.8 Å². The number of furan rings is 1. The summed E-state index contributed by atoms with van der Waals surface area (Å²) in [6.07, 6.45) is 3.89. The summed E-state index contributed by atoms with van der Waals surface area (Å²) in [6.45, 7) is 5.02. The lowest BCUT2D eigenvalue weighted by molar-refractivity contribution is 0.147. The number of aliphatic hydroxyl groups excluding tert-OH is 1. The van der Waals surface area contributed by atoms with Crippen LogP contribution in [0.3, 0.4) is 0 Å². The van der Waals surface area contributed by atoms with E-state index < -0.39 is 0 Å². The van der Waals surface area contributed by atoms with Gasteiger partial charge in [0.15, 0.2) is 0 Å². The molecule has 1 heterocycles. The minimum absolute atomic E-state index is 0.165. The van der Waals surface area contributed by atoms with Crippen molar-refractivity contribution < 1.29 is 9.52 Å². The Morgan fingerprint density at radius 2 is 1.94 bits per heavy atom. The van der Waals surface area contributed by atoms with Gasteiger partial charge in [-0.25, -0.2) is 0 Å². The molecule has 0 aliphatic carbocycles. The zero-order valence-corrected chi connectivity index (χ0v) is 11.8. The van der Waals surface area contributed by atoms with Crippen molar-refractivity contribution in [2.24, 2.45) is 0 Å². The van der Waals surface area contributed by atoms with Crippen LogP contribution in [-0.2, 0) is 12.3 Å². The summed E-state index contributed by atoms with van der Waals surface area (Å²) < 4.78 is 5.69. The van der Waals surface area contributed by atoms with Crippen LogP contribution in [0, 0.1) is 0 Å². The summed E-state index contributed by atoms with van der Waals surface area (Å²) in [5.41, 5.74) is -0.174. The topological polar surface area (TPSA) is 45.4 Å². The van der Waals surface area contributed by atoms with E-state index in [0.717, 1.165) is 30.1 Å². The Kier molecular flexibility index (Phi) is 6.09. The minimum Gasteiger partial charge on any atom is -0.464 e. The number of hydrogen-bond donors (Lipinski definition) is 2. The first-order valence-corrected chi connectivity index (χ1v) is 7.51. The highest BCUT2D eigenvalue weighted by Gasteiger charge is 2.24. The Labute approximate surface area is 108 Å². The molecule has 0 spiro atoms. The molecule has 1 aromatic heterocycles. The molecule has 0 saturated carbocycles. The van der Waals surface area contributed by atoms with Gasteiger partial charge in [0.1, 0.15) is 11.5 Å². The molecule has 0 aliphatic rings. The normalized spacial score (nSPS) is 12.0. The molecule has 0 unspecified atom stereocenters. The van der Waals surface area contributed by atoms with E-state index in [4.69, 9.17) is 4.42 Å². The molecule has 0 aliphatic heterocycles. The van der Waals surface area contributed by atoms with Gasteiger partial charge in [-0.3, -0.25) is 0 Å². The van der Waals surface area contributed by atoms with Crippen molar-refractivity contribution in [2.45, 2.75) is 44.5 Å². The second-order valence-electron chi connectivity index (χ2n) is 4.30. The first kappa shape index (κ1) is 14.6. The maximum Gasteiger partial charge on any atom is 0.118 e. The molecule has 17 heavy (non-hydrogen) atoms. The summed E-state index contributed by atoms with van der Waals surface area (Å²) in [6, 6.07) is 4.03. The molecule has 0 atom stereocenters. The number of hydrogen-bond acceptors (Lipinski definition) is 4. The molecule has 0 fully saturated rings. The molecule has 1 rings (SSSR count). The molecule has 3 nitrogen and oxygen atoms in total. The van der Waals surface area contributed by atoms with Crippen LogP contribution in [0.4, 0.5) is 0 Å². The second-order valence-corrected chi connectivity index (χ2v) is 5.17. The highest BCUT2D eigenvalue weighted by atomic mass is 32.2. The van der Waals surface area contributed by atoms with Gasteiger partial charge in [-0.15, -0.1) is 0 Å². The molecule has 1 aromatic rings. The number of thioether (sulfide) groups is 1. The molecular weight excluding hydrogens is 234 g/mol. The fourth-order valence-corrected chi connectivity index (χ4v) is 2.23. The van der Waals surface area contributed by atoms with Crippen LogP contribution >= 0.6 is 11.8 Å². The van der Waals surface area contributed by atoms with Gasteiger partial charge in [-0.05, 0) is 31.2 Å². The molecule has 0 saturated heterocycles.